The van der Waals surface area contributed by atoms with E-state index in [0.29, 0.717) is 11.8 Å². The number of aromatic nitrogens is 3. The smallest absolute Gasteiger partial charge is 0.133 e. The first kappa shape index (κ1) is 10.2. The van der Waals surface area contributed by atoms with E-state index in [1.807, 2.05) is 0 Å². The molecule has 0 radical (unpaired) electrons. The molecular weight excluding hydrogens is 162 g/mol. The Hall–Kier alpha value is -0.860. The van der Waals surface area contributed by atoms with Crippen LogP contribution in [0.3, 0.4) is 0 Å². The van der Waals surface area contributed by atoms with E-state index in [9.17, 15) is 0 Å². The first-order valence-corrected chi connectivity index (χ1v) is 5.11. The van der Waals surface area contributed by atoms with Crippen LogP contribution in [0.4, 0.5) is 0 Å². The largest absolute Gasteiger partial charge is 0.331 e. The second kappa shape index (κ2) is 5.00. The minimum Gasteiger partial charge on any atom is -0.331 e. The molecule has 0 bridgehead atoms. The first-order valence-electron chi connectivity index (χ1n) is 5.11. The van der Waals surface area contributed by atoms with E-state index in [4.69, 9.17) is 0 Å². The molecule has 74 valence electrons. The lowest BCUT2D eigenvalue weighted by molar-refractivity contribution is 0.435. The van der Waals surface area contributed by atoms with Crippen molar-refractivity contribution in [3.8, 4) is 0 Å². The van der Waals surface area contributed by atoms with Gasteiger partial charge in [-0.15, -0.1) is 10.2 Å². The maximum Gasteiger partial charge on any atom is 0.133 e. The molecule has 0 spiro atoms. The average molecular weight is 181 g/mol. The van der Waals surface area contributed by atoms with Crippen molar-refractivity contribution in [1.29, 1.82) is 0 Å². The fourth-order valence-electron chi connectivity index (χ4n) is 1.61. The molecule has 1 rings (SSSR count). The molecule has 0 aliphatic heterocycles. The summed E-state index contributed by atoms with van der Waals surface area (Å²) in [6.45, 7) is 6.70. The highest BCUT2D eigenvalue weighted by atomic mass is 15.2. The number of rotatable bonds is 5. The van der Waals surface area contributed by atoms with Gasteiger partial charge in [-0.3, -0.25) is 0 Å². The minimum absolute atomic E-state index is 0.544. The molecule has 3 nitrogen and oxygen atoms in total. The molecule has 0 fully saturated rings. The van der Waals surface area contributed by atoms with Gasteiger partial charge in [-0.05, 0) is 12.3 Å². The summed E-state index contributed by atoms with van der Waals surface area (Å²) < 4.78 is 0. The number of H-pyrrole nitrogens is 1. The standard InChI is InChI=1S/C10H19N3/c1-4-5-6-9(8(2)3)10-11-7-12-13-10/h7-9H,4-6H2,1-3H3,(H,11,12,13). The fourth-order valence-corrected chi connectivity index (χ4v) is 1.61. The highest BCUT2D eigenvalue weighted by Crippen LogP contribution is 2.26. The fraction of sp³-hybridized carbons (Fsp3) is 0.800. The van der Waals surface area contributed by atoms with Crippen LogP contribution in [-0.2, 0) is 0 Å². The van der Waals surface area contributed by atoms with Crippen molar-refractivity contribution in [1.82, 2.24) is 15.2 Å². The van der Waals surface area contributed by atoms with Crippen LogP contribution in [0, 0.1) is 5.92 Å². The topological polar surface area (TPSA) is 41.6 Å². The summed E-state index contributed by atoms with van der Waals surface area (Å²) in [6.07, 6.45) is 5.39. The average Bonchev–Trinajstić information content (AvgIpc) is 2.57. The lowest BCUT2D eigenvalue weighted by Crippen LogP contribution is -2.08. The molecule has 0 aliphatic carbocycles. The third kappa shape index (κ3) is 2.83. The van der Waals surface area contributed by atoms with Gasteiger partial charge in [0.2, 0.25) is 0 Å². The van der Waals surface area contributed by atoms with Gasteiger partial charge in [-0.2, -0.15) is 0 Å². The maximum absolute atomic E-state index is 4.09. The van der Waals surface area contributed by atoms with E-state index in [2.05, 4.69) is 36.0 Å². The van der Waals surface area contributed by atoms with Crippen LogP contribution < -0.4 is 0 Å². The quantitative estimate of drug-likeness (QED) is 0.758. The number of aromatic amines is 1. The van der Waals surface area contributed by atoms with Crippen molar-refractivity contribution in [2.75, 3.05) is 0 Å². The SMILES string of the molecule is CCCCC(c1nnc[nH]1)C(C)C. The molecule has 0 amide bonds. The zero-order chi connectivity index (χ0) is 9.68. The van der Waals surface area contributed by atoms with Gasteiger partial charge in [0.25, 0.3) is 0 Å². The number of hydrogen-bond acceptors (Lipinski definition) is 2. The second-order valence-electron chi connectivity index (χ2n) is 3.87. The summed E-state index contributed by atoms with van der Waals surface area (Å²) in [5.41, 5.74) is 0. The van der Waals surface area contributed by atoms with Crippen LogP contribution in [0.5, 0.6) is 0 Å². The lowest BCUT2D eigenvalue weighted by atomic mass is 9.90. The lowest BCUT2D eigenvalue weighted by Gasteiger charge is -2.17. The van der Waals surface area contributed by atoms with Crippen LogP contribution in [0.25, 0.3) is 0 Å². The summed E-state index contributed by atoms with van der Waals surface area (Å²) in [7, 11) is 0. The summed E-state index contributed by atoms with van der Waals surface area (Å²) in [5.74, 6) is 2.23. The molecule has 1 heterocycles. The van der Waals surface area contributed by atoms with Gasteiger partial charge in [0.1, 0.15) is 12.2 Å². The van der Waals surface area contributed by atoms with E-state index in [1.165, 1.54) is 19.3 Å². The van der Waals surface area contributed by atoms with Crippen molar-refractivity contribution >= 4 is 0 Å². The maximum atomic E-state index is 4.09. The zero-order valence-corrected chi connectivity index (χ0v) is 8.75. The molecule has 1 N–H and O–H groups in total. The van der Waals surface area contributed by atoms with Crippen molar-refractivity contribution in [2.45, 2.75) is 46.0 Å². The summed E-state index contributed by atoms with van der Waals surface area (Å²) in [4.78, 5) is 3.11. The van der Waals surface area contributed by atoms with Gasteiger partial charge in [-0.1, -0.05) is 33.6 Å². The summed E-state index contributed by atoms with van der Waals surface area (Å²) in [5, 5.41) is 7.91. The number of nitrogens with one attached hydrogen (secondary N) is 1. The summed E-state index contributed by atoms with van der Waals surface area (Å²) >= 11 is 0. The normalized spacial score (nSPS) is 13.5. The Balaban J connectivity index is 2.58. The molecule has 0 saturated carbocycles. The highest BCUT2D eigenvalue weighted by molar-refractivity contribution is 4.94. The van der Waals surface area contributed by atoms with E-state index in [-0.39, 0.29) is 0 Å². The molecule has 1 atom stereocenters. The molecule has 1 unspecified atom stereocenters. The zero-order valence-electron chi connectivity index (χ0n) is 8.75. The van der Waals surface area contributed by atoms with Gasteiger partial charge in [0.15, 0.2) is 0 Å². The van der Waals surface area contributed by atoms with E-state index < -0.39 is 0 Å². The van der Waals surface area contributed by atoms with Gasteiger partial charge in [-0.25, -0.2) is 0 Å². The Bertz CT molecular complexity index is 216. The van der Waals surface area contributed by atoms with Crippen LogP contribution >= 0.6 is 0 Å². The van der Waals surface area contributed by atoms with Crippen LogP contribution in [0.2, 0.25) is 0 Å². The Labute approximate surface area is 80.0 Å². The van der Waals surface area contributed by atoms with E-state index in [0.717, 1.165) is 5.82 Å². The minimum atomic E-state index is 0.544. The molecule has 0 aromatic carbocycles. The molecular formula is C10H19N3. The number of nitrogens with zero attached hydrogens (tertiary/aromatic N) is 2. The molecule has 0 saturated heterocycles. The highest BCUT2D eigenvalue weighted by Gasteiger charge is 2.17. The van der Waals surface area contributed by atoms with Gasteiger partial charge in [0, 0.05) is 5.92 Å². The Morgan fingerprint density at radius 3 is 2.69 bits per heavy atom. The first-order chi connectivity index (χ1) is 6.25. The molecule has 1 aromatic heterocycles. The van der Waals surface area contributed by atoms with E-state index >= 15 is 0 Å². The Kier molecular flexibility index (Phi) is 3.93. The van der Waals surface area contributed by atoms with Crippen LogP contribution in [0.1, 0.15) is 51.8 Å². The third-order valence-corrected chi connectivity index (χ3v) is 2.46. The predicted molar refractivity (Wildman–Crippen MR) is 53.5 cm³/mol. The van der Waals surface area contributed by atoms with Gasteiger partial charge >= 0.3 is 0 Å². The number of unbranched alkanes of at least 4 members (excludes halogenated alkanes) is 1. The summed E-state index contributed by atoms with van der Waals surface area (Å²) in [6, 6.07) is 0. The van der Waals surface area contributed by atoms with Crippen molar-refractivity contribution < 1.29 is 0 Å². The molecule has 1 aromatic rings. The number of hydrogen-bond donors (Lipinski definition) is 1. The third-order valence-electron chi connectivity index (χ3n) is 2.46. The van der Waals surface area contributed by atoms with Crippen LogP contribution in [0.15, 0.2) is 6.33 Å². The van der Waals surface area contributed by atoms with Crippen molar-refractivity contribution in [3.63, 3.8) is 0 Å². The van der Waals surface area contributed by atoms with Gasteiger partial charge < -0.3 is 4.98 Å². The van der Waals surface area contributed by atoms with Crippen molar-refractivity contribution in [3.05, 3.63) is 12.2 Å². The molecule has 13 heavy (non-hydrogen) atoms. The predicted octanol–water partition coefficient (Wildman–Crippen LogP) is 2.73. The Morgan fingerprint density at radius 2 is 2.23 bits per heavy atom. The van der Waals surface area contributed by atoms with E-state index in [1.54, 1.807) is 6.33 Å². The monoisotopic (exact) mass is 181 g/mol. The molecule has 0 aliphatic rings. The van der Waals surface area contributed by atoms with Gasteiger partial charge in [0.05, 0.1) is 0 Å². The van der Waals surface area contributed by atoms with Crippen molar-refractivity contribution in [2.24, 2.45) is 5.92 Å². The Morgan fingerprint density at radius 1 is 1.46 bits per heavy atom. The van der Waals surface area contributed by atoms with Crippen LogP contribution in [-0.4, -0.2) is 15.2 Å². The second-order valence-corrected chi connectivity index (χ2v) is 3.87. The molecule has 3 heteroatoms.